The number of carboxylic acid groups (broad SMARTS) is 1. The van der Waals surface area contributed by atoms with Crippen molar-refractivity contribution in [2.45, 2.75) is 57.3 Å². The summed E-state index contributed by atoms with van der Waals surface area (Å²) in [5.41, 5.74) is 0.555. The fraction of sp³-hybridized carbons (Fsp3) is 0.529. The molecule has 1 aromatic rings. The van der Waals surface area contributed by atoms with E-state index in [2.05, 4.69) is 5.32 Å². The summed E-state index contributed by atoms with van der Waals surface area (Å²) in [7, 11) is 0. The first-order chi connectivity index (χ1) is 10.6. The Hall–Kier alpha value is -1.88. The molecule has 2 N–H and O–H groups in total. The summed E-state index contributed by atoms with van der Waals surface area (Å²) in [6.07, 6.45) is 4.28. The molecule has 1 aliphatic rings. The van der Waals surface area contributed by atoms with E-state index in [-0.39, 0.29) is 12.0 Å². The monoisotopic (exact) mass is 305 g/mol. The third-order valence-electron chi connectivity index (χ3n) is 3.99. The summed E-state index contributed by atoms with van der Waals surface area (Å²) < 4.78 is 5.83. The molecule has 5 nitrogen and oxygen atoms in total. The maximum absolute atomic E-state index is 12.4. The molecular weight excluding hydrogens is 282 g/mol. The predicted octanol–water partition coefficient (Wildman–Crippen LogP) is 2.67. The van der Waals surface area contributed by atoms with Gasteiger partial charge in [-0.25, -0.2) is 4.79 Å². The summed E-state index contributed by atoms with van der Waals surface area (Å²) in [4.78, 5) is 23.8. The molecule has 0 bridgehead atoms. The highest BCUT2D eigenvalue weighted by Gasteiger charge is 2.28. The van der Waals surface area contributed by atoms with E-state index in [1.807, 2.05) is 13.0 Å². The molecule has 0 heterocycles. The Morgan fingerprint density at radius 3 is 2.45 bits per heavy atom. The van der Waals surface area contributed by atoms with Gasteiger partial charge in [0, 0.05) is 0 Å². The zero-order chi connectivity index (χ0) is 15.9. The van der Waals surface area contributed by atoms with Gasteiger partial charge in [0.25, 0.3) is 0 Å². The molecule has 0 aliphatic heterocycles. The third-order valence-corrected chi connectivity index (χ3v) is 3.99. The summed E-state index contributed by atoms with van der Waals surface area (Å²) in [6, 6.07) is 7.65. The predicted molar refractivity (Wildman–Crippen MR) is 82.4 cm³/mol. The molecule has 120 valence electrons. The molecule has 1 saturated carbocycles. The average molecular weight is 305 g/mol. The van der Waals surface area contributed by atoms with Crippen LogP contribution in [0.1, 0.15) is 50.6 Å². The number of carbonyl (C=O) groups excluding carboxylic acids is 1. The zero-order valence-corrected chi connectivity index (χ0v) is 12.8. The zero-order valence-electron chi connectivity index (χ0n) is 12.8. The minimum atomic E-state index is -1.07. The second kappa shape index (κ2) is 7.94. The van der Waals surface area contributed by atoms with Gasteiger partial charge in [-0.3, -0.25) is 4.79 Å². The second-order valence-electron chi connectivity index (χ2n) is 5.63. The number of ether oxygens (including phenoxy) is 1. The molecule has 5 heteroatoms. The van der Waals surface area contributed by atoms with Crippen LogP contribution in [0.25, 0.3) is 0 Å². The van der Waals surface area contributed by atoms with Gasteiger partial charge in [-0.1, -0.05) is 50.1 Å². The number of amides is 1. The summed E-state index contributed by atoms with van der Waals surface area (Å²) >= 11 is 0. The van der Waals surface area contributed by atoms with Crippen molar-refractivity contribution in [3.05, 3.63) is 35.9 Å². The average Bonchev–Trinajstić information content (AvgIpc) is 3.03. The molecule has 2 rings (SSSR count). The summed E-state index contributed by atoms with van der Waals surface area (Å²) in [5, 5.41) is 12.0. The normalized spacial score (nSPS) is 17.9. The standard InChI is InChI=1S/C17H23NO4/c1-2-14(22-13-10-6-7-11-13)16(19)18-15(17(20)21)12-8-4-3-5-9-12/h3-5,8-9,13-15H,2,6-7,10-11H2,1H3,(H,18,19)(H,20,21)/t14?,15-/m0/s1. The number of aliphatic carboxylic acids is 1. The van der Waals surface area contributed by atoms with Gasteiger partial charge in [-0.15, -0.1) is 0 Å². The minimum Gasteiger partial charge on any atom is -0.479 e. The lowest BCUT2D eigenvalue weighted by Gasteiger charge is -2.22. The van der Waals surface area contributed by atoms with E-state index in [1.165, 1.54) is 0 Å². The van der Waals surface area contributed by atoms with Crippen molar-refractivity contribution in [2.24, 2.45) is 0 Å². The molecule has 0 spiro atoms. The molecule has 0 aromatic heterocycles. The Labute approximate surface area is 130 Å². The fourth-order valence-electron chi connectivity index (χ4n) is 2.77. The van der Waals surface area contributed by atoms with E-state index in [1.54, 1.807) is 24.3 Å². The highest BCUT2D eigenvalue weighted by Crippen LogP contribution is 2.23. The van der Waals surface area contributed by atoms with Crippen LogP contribution >= 0.6 is 0 Å². The molecule has 1 amide bonds. The minimum absolute atomic E-state index is 0.121. The molecule has 1 aliphatic carbocycles. The van der Waals surface area contributed by atoms with Gasteiger partial charge in [-0.2, -0.15) is 0 Å². The number of carboxylic acids is 1. The first kappa shape index (κ1) is 16.5. The lowest BCUT2D eigenvalue weighted by atomic mass is 10.1. The van der Waals surface area contributed by atoms with Crippen LogP contribution in [0.4, 0.5) is 0 Å². The number of carbonyl (C=O) groups is 2. The van der Waals surface area contributed by atoms with Crippen LogP contribution in [-0.4, -0.2) is 29.2 Å². The van der Waals surface area contributed by atoms with Gasteiger partial charge in [-0.05, 0) is 24.8 Å². The molecule has 1 aromatic carbocycles. The van der Waals surface area contributed by atoms with Gasteiger partial charge in [0.05, 0.1) is 6.10 Å². The van der Waals surface area contributed by atoms with Crippen molar-refractivity contribution in [1.82, 2.24) is 5.32 Å². The molecule has 2 atom stereocenters. The Kier molecular flexibility index (Phi) is 5.95. The third kappa shape index (κ3) is 4.31. The van der Waals surface area contributed by atoms with Crippen LogP contribution in [0.2, 0.25) is 0 Å². The molecule has 0 radical (unpaired) electrons. The van der Waals surface area contributed by atoms with Crippen LogP contribution in [0.5, 0.6) is 0 Å². The number of hydrogen-bond acceptors (Lipinski definition) is 3. The molecule has 1 unspecified atom stereocenters. The van der Waals surface area contributed by atoms with Gasteiger partial charge in [0.1, 0.15) is 6.10 Å². The van der Waals surface area contributed by atoms with E-state index < -0.39 is 18.1 Å². The highest BCUT2D eigenvalue weighted by atomic mass is 16.5. The van der Waals surface area contributed by atoms with Crippen LogP contribution in [0.15, 0.2) is 30.3 Å². The topological polar surface area (TPSA) is 75.6 Å². The van der Waals surface area contributed by atoms with Gasteiger partial charge in [0.2, 0.25) is 5.91 Å². The maximum atomic E-state index is 12.4. The molecular formula is C17H23NO4. The lowest BCUT2D eigenvalue weighted by Crippen LogP contribution is -2.42. The Bertz CT molecular complexity index is 497. The Morgan fingerprint density at radius 2 is 1.91 bits per heavy atom. The van der Waals surface area contributed by atoms with E-state index >= 15 is 0 Å². The smallest absolute Gasteiger partial charge is 0.330 e. The highest BCUT2D eigenvalue weighted by molar-refractivity contribution is 5.87. The van der Waals surface area contributed by atoms with Crippen LogP contribution < -0.4 is 5.32 Å². The number of benzene rings is 1. The van der Waals surface area contributed by atoms with Crippen molar-refractivity contribution >= 4 is 11.9 Å². The van der Waals surface area contributed by atoms with E-state index in [0.717, 1.165) is 25.7 Å². The summed E-state index contributed by atoms with van der Waals surface area (Å²) in [6.45, 7) is 1.87. The fourth-order valence-corrected chi connectivity index (χ4v) is 2.77. The van der Waals surface area contributed by atoms with Crippen molar-refractivity contribution < 1.29 is 19.4 Å². The van der Waals surface area contributed by atoms with Crippen molar-refractivity contribution in [3.8, 4) is 0 Å². The SMILES string of the molecule is CCC(OC1CCCC1)C(=O)N[C@H](C(=O)O)c1ccccc1. The van der Waals surface area contributed by atoms with Crippen molar-refractivity contribution in [3.63, 3.8) is 0 Å². The number of hydrogen-bond donors (Lipinski definition) is 2. The van der Waals surface area contributed by atoms with E-state index in [9.17, 15) is 14.7 Å². The first-order valence-electron chi connectivity index (χ1n) is 7.85. The van der Waals surface area contributed by atoms with Crippen LogP contribution in [0.3, 0.4) is 0 Å². The first-order valence-corrected chi connectivity index (χ1v) is 7.85. The van der Waals surface area contributed by atoms with Crippen molar-refractivity contribution in [2.75, 3.05) is 0 Å². The maximum Gasteiger partial charge on any atom is 0.330 e. The lowest BCUT2D eigenvalue weighted by molar-refractivity contribution is -0.146. The van der Waals surface area contributed by atoms with Gasteiger partial charge in [0.15, 0.2) is 6.04 Å². The van der Waals surface area contributed by atoms with Crippen LogP contribution in [0, 0.1) is 0 Å². The Balaban J connectivity index is 2.01. The Morgan fingerprint density at radius 1 is 1.27 bits per heavy atom. The second-order valence-corrected chi connectivity index (χ2v) is 5.63. The van der Waals surface area contributed by atoms with E-state index in [0.29, 0.717) is 12.0 Å². The summed E-state index contributed by atoms with van der Waals surface area (Å²) in [5.74, 6) is -1.43. The van der Waals surface area contributed by atoms with Gasteiger partial charge >= 0.3 is 5.97 Å². The van der Waals surface area contributed by atoms with E-state index in [4.69, 9.17) is 4.74 Å². The molecule has 1 fully saturated rings. The largest absolute Gasteiger partial charge is 0.479 e. The number of rotatable bonds is 7. The van der Waals surface area contributed by atoms with Crippen molar-refractivity contribution in [1.29, 1.82) is 0 Å². The molecule has 0 saturated heterocycles. The number of nitrogens with one attached hydrogen (secondary N) is 1. The quantitative estimate of drug-likeness (QED) is 0.812. The molecule has 22 heavy (non-hydrogen) atoms. The van der Waals surface area contributed by atoms with Crippen LogP contribution in [-0.2, 0) is 14.3 Å². The van der Waals surface area contributed by atoms with Gasteiger partial charge < -0.3 is 15.2 Å².